The van der Waals surface area contributed by atoms with Crippen LogP contribution in [-0.2, 0) is 0 Å². The van der Waals surface area contributed by atoms with Crippen molar-refractivity contribution in [2.45, 2.75) is 19.8 Å². The van der Waals surface area contributed by atoms with Gasteiger partial charge in [-0.1, -0.05) is 17.7 Å². The van der Waals surface area contributed by atoms with Crippen molar-refractivity contribution >= 4 is 5.69 Å². The zero-order valence-electron chi connectivity index (χ0n) is 9.50. The molecule has 1 N–H and O–H groups in total. The van der Waals surface area contributed by atoms with Gasteiger partial charge in [0.1, 0.15) is 0 Å². The van der Waals surface area contributed by atoms with Crippen LogP contribution in [0.5, 0.6) is 0 Å². The molecule has 1 fully saturated rings. The first-order chi connectivity index (χ1) is 7.36. The molecule has 0 saturated carbocycles. The van der Waals surface area contributed by atoms with Crippen molar-refractivity contribution in [3.63, 3.8) is 0 Å². The molecule has 0 aromatic heterocycles. The Bertz CT molecular complexity index is 284. The number of rotatable bonds is 1. The fraction of sp³-hybridized carbons (Fsp3) is 0.538. The monoisotopic (exact) mass is 204 g/mol. The van der Waals surface area contributed by atoms with Crippen molar-refractivity contribution in [3.05, 3.63) is 29.8 Å². The normalized spacial score (nSPS) is 18.3. The Hall–Kier alpha value is -1.02. The molecule has 15 heavy (non-hydrogen) atoms. The van der Waals surface area contributed by atoms with Crippen molar-refractivity contribution in [3.8, 4) is 0 Å². The van der Waals surface area contributed by atoms with E-state index in [4.69, 9.17) is 0 Å². The average molecular weight is 204 g/mol. The Morgan fingerprint density at radius 3 is 2.60 bits per heavy atom. The molecule has 2 nitrogen and oxygen atoms in total. The minimum Gasteiger partial charge on any atom is -0.370 e. The SMILES string of the molecule is Cc1ccc(N2CCCCNCC2)cc1. The van der Waals surface area contributed by atoms with Crippen LogP contribution in [0, 0.1) is 6.92 Å². The fourth-order valence-electron chi connectivity index (χ4n) is 2.02. The van der Waals surface area contributed by atoms with E-state index in [1.54, 1.807) is 0 Å². The standard InChI is InChI=1S/C13H20N2/c1-12-4-6-13(7-5-12)15-10-3-2-8-14-9-11-15/h4-7,14H,2-3,8-11H2,1H3. The third kappa shape index (κ3) is 2.96. The van der Waals surface area contributed by atoms with E-state index in [1.165, 1.54) is 37.2 Å². The molecule has 82 valence electrons. The molecular formula is C13H20N2. The summed E-state index contributed by atoms with van der Waals surface area (Å²) in [5.74, 6) is 0. The molecule has 1 aromatic rings. The first kappa shape index (κ1) is 10.5. The van der Waals surface area contributed by atoms with Crippen molar-refractivity contribution in [1.29, 1.82) is 0 Å². The largest absolute Gasteiger partial charge is 0.370 e. The van der Waals surface area contributed by atoms with Crippen LogP contribution >= 0.6 is 0 Å². The lowest BCUT2D eigenvalue weighted by atomic mass is 10.2. The zero-order chi connectivity index (χ0) is 10.5. The van der Waals surface area contributed by atoms with Crippen LogP contribution in [-0.4, -0.2) is 26.2 Å². The van der Waals surface area contributed by atoms with Crippen molar-refractivity contribution in [1.82, 2.24) is 5.32 Å². The van der Waals surface area contributed by atoms with E-state index in [1.807, 2.05) is 0 Å². The third-order valence-electron chi connectivity index (χ3n) is 2.99. The van der Waals surface area contributed by atoms with Crippen LogP contribution in [0.15, 0.2) is 24.3 Å². The van der Waals surface area contributed by atoms with Crippen LogP contribution in [0.2, 0.25) is 0 Å². The molecular weight excluding hydrogens is 184 g/mol. The van der Waals surface area contributed by atoms with Gasteiger partial charge in [-0.2, -0.15) is 0 Å². The van der Waals surface area contributed by atoms with Crippen molar-refractivity contribution < 1.29 is 0 Å². The smallest absolute Gasteiger partial charge is 0.0366 e. The van der Waals surface area contributed by atoms with Crippen LogP contribution in [0.25, 0.3) is 0 Å². The lowest BCUT2D eigenvalue weighted by Crippen LogP contribution is -2.36. The molecule has 0 aliphatic carbocycles. The summed E-state index contributed by atoms with van der Waals surface area (Å²) >= 11 is 0. The van der Waals surface area contributed by atoms with Gasteiger partial charge in [-0.15, -0.1) is 0 Å². The Kier molecular flexibility index (Phi) is 3.62. The van der Waals surface area contributed by atoms with E-state index < -0.39 is 0 Å². The van der Waals surface area contributed by atoms with Gasteiger partial charge in [-0.05, 0) is 38.4 Å². The summed E-state index contributed by atoms with van der Waals surface area (Å²) in [4.78, 5) is 2.48. The van der Waals surface area contributed by atoms with Gasteiger partial charge in [0.25, 0.3) is 0 Å². The molecule has 1 aliphatic rings. The lowest BCUT2D eigenvalue weighted by Gasteiger charge is -2.27. The number of hydrogen-bond acceptors (Lipinski definition) is 2. The maximum Gasteiger partial charge on any atom is 0.0366 e. The minimum absolute atomic E-state index is 1.11. The third-order valence-corrected chi connectivity index (χ3v) is 2.99. The average Bonchev–Trinajstić information content (AvgIpc) is 2.19. The van der Waals surface area contributed by atoms with Crippen molar-refractivity contribution in [2.24, 2.45) is 0 Å². The van der Waals surface area contributed by atoms with Gasteiger partial charge in [0.05, 0.1) is 0 Å². The topological polar surface area (TPSA) is 15.3 Å². The second kappa shape index (κ2) is 5.17. The van der Waals surface area contributed by atoms with Gasteiger partial charge in [0, 0.05) is 25.3 Å². The maximum absolute atomic E-state index is 3.46. The summed E-state index contributed by atoms with van der Waals surface area (Å²) in [6.07, 6.45) is 2.59. The number of hydrogen-bond donors (Lipinski definition) is 1. The molecule has 1 aliphatic heterocycles. The van der Waals surface area contributed by atoms with E-state index in [0.29, 0.717) is 0 Å². The van der Waals surface area contributed by atoms with E-state index >= 15 is 0 Å². The fourth-order valence-corrected chi connectivity index (χ4v) is 2.02. The molecule has 0 atom stereocenters. The number of benzene rings is 1. The van der Waals surface area contributed by atoms with E-state index in [0.717, 1.165) is 13.1 Å². The highest BCUT2D eigenvalue weighted by Gasteiger charge is 2.07. The second-order valence-corrected chi connectivity index (χ2v) is 4.28. The van der Waals surface area contributed by atoms with Gasteiger partial charge in [0.2, 0.25) is 0 Å². The van der Waals surface area contributed by atoms with Crippen LogP contribution in [0.4, 0.5) is 5.69 Å². The second-order valence-electron chi connectivity index (χ2n) is 4.28. The first-order valence-electron chi connectivity index (χ1n) is 5.88. The molecule has 0 radical (unpaired) electrons. The summed E-state index contributed by atoms with van der Waals surface area (Å²) in [5.41, 5.74) is 2.70. The summed E-state index contributed by atoms with van der Waals surface area (Å²) in [7, 11) is 0. The summed E-state index contributed by atoms with van der Waals surface area (Å²) in [6.45, 7) is 6.75. The maximum atomic E-state index is 3.46. The van der Waals surface area contributed by atoms with Crippen LogP contribution in [0.3, 0.4) is 0 Å². The van der Waals surface area contributed by atoms with Crippen LogP contribution < -0.4 is 10.2 Å². The molecule has 0 unspecified atom stereocenters. The van der Waals surface area contributed by atoms with Gasteiger partial charge in [-0.25, -0.2) is 0 Å². The van der Waals surface area contributed by atoms with Crippen molar-refractivity contribution in [2.75, 3.05) is 31.1 Å². The number of aryl methyl sites for hydroxylation is 1. The summed E-state index contributed by atoms with van der Waals surface area (Å²) < 4.78 is 0. The van der Waals surface area contributed by atoms with E-state index in [9.17, 15) is 0 Å². The first-order valence-corrected chi connectivity index (χ1v) is 5.88. The predicted octanol–water partition coefficient (Wildman–Crippen LogP) is 2.18. The van der Waals surface area contributed by atoms with Gasteiger partial charge in [0.15, 0.2) is 0 Å². The molecule has 2 heteroatoms. The molecule has 0 amide bonds. The molecule has 1 aromatic carbocycles. The molecule has 0 spiro atoms. The Balaban J connectivity index is 2.03. The highest BCUT2D eigenvalue weighted by molar-refractivity contribution is 5.47. The van der Waals surface area contributed by atoms with Crippen LogP contribution in [0.1, 0.15) is 18.4 Å². The Labute approximate surface area is 92.3 Å². The minimum atomic E-state index is 1.11. The summed E-state index contributed by atoms with van der Waals surface area (Å²) in [5, 5.41) is 3.46. The Morgan fingerprint density at radius 2 is 1.80 bits per heavy atom. The van der Waals surface area contributed by atoms with Gasteiger partial charge < -0.3 is 10.2 Å². The number of anilines is 1. The zero-order valence-corrected chi connectivity index (χ0v) is 9.50. The lowest BCUT2D eigenvalue weighted by molar-refractivity contribution is 0.567. The van der Waals surface area contributed by atoms with E-state index in [-0.39, 0.29) is 0 Å². The van der Waals surface area contributed by atoms with E-state index in [2.05, 4.69) is 41.4 Å². The Morgan fingerprint density at radius 1 is 1.00 bits per heavy atom. The number of nitrogens with zero attached hydrogens (tertiary/aromatic N) is 1. The van der Waals surface area contributed by atoms with Gasteiger partial charge in [-0.3, -0.25) is 0 Å². The highest BCUT2D eigenvalue weighted by atomic mass is 15.1. The van der Waals surface area contributed by atoms with Gasteiger partial charge >= 0.3 is 0 Å². The highest BCUT2D eigenvalue weighted by Crippen LogP contribution is 2.15. The molecule has 2 rings (SSSR count). The summed E-state index contributed by atoms with van der Waals surface area (Å²) in [6, 6.07) is 8.86. The quantitative estimate of drug-likeness (QED) is 0.754. The molecule has 1 saturated heterocycles. The number of nitrogens with one attached hydrogen (secondary N) is 1. The molecule has 1 heterocycles. The molecule has 0 bridgehead atoms. The predicted molar refractivity (Wildman–Crippen MR) is 65.5 cm³/mol.